The highest BCUT2D eigenvalue weighted by molar-refractivity contribution is 5.49. The molecule has 3 rings (SSSR count). The van der Waals surface area contributed by atoms with Gasteiger partial charge in [-0.05, 0) is 29.2 Å². The van der Waals surface area contributed by atoms with Crippen molar-refractivity contribution in [2.75, 3.05) is 31.1 Å². The molecule has 1 aliphatic heterocycles. The molecule has 1 saturated heterocycles. The Hall–Kier alpha value is -2.34. The van der Waals surface area contributed by atoms with E-state index in [1.165, 1.54) is 17.3 Å². The van der Waals surface area contributed by atoms with E-state index in [1.807, 2.05) is 0 Å². The predicted molar refractivity (Wildman–Crippen MR) is 98.0 cm³/mol. The third-order valence-corrected chi connectivity index (χ3v) is 4.68. The van der Waals surface area contributed by atoms with Crippen LogP contribution in [0.2, 0.25) is 0 Å². The lowest BCUT2D eigenvalue weighted by atomic mass is 9.87. The fourth-order valence-electron chi connectivity index (χ4n) is 3.11. The molecule has 6 heteroatoms. The molecule has 6 nitrogen and oxygen atoms in total. The third kappa shape index (κ3) is 4.20. The Morgan fingerprint density at radius 3 is 2.20 bits per heavy atom. The van der Waals surface area contributed by atoms with Crippen LogP contribution >= 0.6 is 0 Å². The van der Waals surface area contributed by atoms with E-state index in [4.69, 9.17) is 4.42 Å². The second-order valence-corrected chi connectivity index (χ2v) is 7.56. The first-order chi connectivity index (χ1) is 11.8. The van der Waals surface area contributed by atoms with Gasteiger partial charge in [-0.2, -0.15) is 0 Å². The highest BCUT2D eigenvalue weighted by Gasteiger charge is 2.20. The molecular weight excluding hydrogens is 318 g/mol. The van der Waals surface area contributed by atoms with Gasteiger partial charge in [0.15, 0.2) is 0 Å². The Kier molecular flexibility index (Phi) is 4.81. The van der Waals surface area contributed by atoms with Crippen LogP contribution in [-0.2, 0) is 12.0 Å². The van der Waals surface area contributed by atoms with Gasteiger partial charge in [0.2, 0.25) is 0 Å². The normalized spacial score (nSPS) is 16.2. The lowest BCUT2D eigenvalue weighted by Gasteiger charge is -2.36. The summed E-state index contributed by atoms with van der Waals surface area (Å²) in [6, 6.07) is 11.9. The second-order valence-electron chi connectivity index (χ2n) is 7.56. The van der Waals surface area contributed by atoms with Crippen LogP contribution < -0.4 is 4.90 Å². The molecular formula is C19H25N3O3. The number of hydrogen-bond donors (Lipinski definition) is 0. The zero-order valence-corrected chi connectivity index (χ0v) is 15.1. The Morgan fingerprint density at radius 1 is 1.04 bits per heavy atom. The first kappa shape index (κ1) is 17.5. The number of benzene rings is 1. The van der Waals surface area contributed by atoms with E-state index in [9.17, 15) is 10.1 Å². The number of rotatable bonds is 4. The maximum absolute atomic E-state index is 10.7. The molecule has 1 aromatic heterocycles. The molecule has 0 N–H and O–H groups in total. The Morgan fingerprint density at radius 2 is 1.68 bits per heavy atom. The lowest BCUT2D eigenvalue weighted by Crippen LogP contribution is -2.45. The van der Waals surface area contributed by atoms with Gasteiger partial charge in [0, 0.05) is 31.9 Å². The summed E-state index contributed by atoms with van der Waals surface area (Å²) in [6.45, 7) is 11.0. The zero-order valence-electron chi connectivity index (χ0n) is 15.1. The van der Waals surface area contributed by atoms with Gasteiger partial charge >= 0.3 is 5.88 Å². The Balaban J connectivity index is 1.55. The minimum Gasteiger partial charge on any atom is -0.404 e. The molecule has 0 bridgehead atoms. The van der Waals surface area contributed by atoms with E-state index >= 15 is 0 Å². The molecule has 0 spiro atoms. The summed E-state index contributed by atoms with van der Waals surface area (Å²) in [4.78, 5) is 14.8. The summed E-state index contributed by atoms with van der Waals surface area (Å²) >= 11 is 0. The van der Waals surface area contributed by atoms with Gasteiger partial charge in [-0.1, -0.05) is 32.9 Å². The molecule has 134 valence electrons. The van der Waals surface area contributed by atoms with E-state index < -0.39 is 4.92 Å². The van der Waals surface area contributed by atoms with Crippen molar-refractivity contribution in [3.8, 4) is 0 Å². The largest absolute Gasteiger partial charge is 0.433 e. The highest BCUT2D eigenvalue weighted by atomic mass is 16.6. The van der Waals surface area contributed by atoms with E-state index in [-0.39, 0.29) is 11.3 Å². The van der Waals surface area contributed by atoms with Gasteiger partial charge in [-0.3, -0.25) is 15.0 Å². The number of nitrogens with zero attached hydrogens (tertiary/aromatic N) is 3. The first-order valence-corrected chi connectivity index (χ1v) is 8.64. The SMILES string of the molecule is CC(C)(C)c1ccc(N2CCN(Cc3ccc([N+](=O)[O-])o3)CC2)cc1. The topological polar surface area (TPSA) is 62.8 Å². The minimum absolute atomic E-state index is 0.170. The molecule has 0 saturated carbocycles. The number of anilines is 1. The minimum atomic E-state index is -0.497. The number of furan rings is 1. The summed E-state index contributed by atoms with van der Waals surface area (Å²) < 4.78 is 5.25. The Bertz CT molecular complexity index is 723. The lowest BCUT2D eigenvalue weighted by molar-refractivity contribution is -0.402. The summed E-state index contributed by atoms with van der Waals surface area (Å²) in [6.07, 6.45) is 0. The van der Waals surface area contributed by atoms with E-state index in [2.05, 4.69) is 54.8 Å². The smallest absolute Gasteiger partial charge is 0.404 e. The maximum Gasteiger partial charge on any atom is 0.433 e. The van der Waals surface area contributed by atoms with Crippen molar-refractivity contribution >= 4 is 11.6 Å². The van der Waals surface area contributed by atoms with Gasteiger partial charge < -0.3 is 9.32 Å². The van der Waals surface area contributed by atoms with Gasteiger partial charge in [0.05, 0.1) is 12.6 Å². The standard InChI is InChI=1S/C19H25N3O3/c1-19(2,3)15-4-6-16(7-5-15)21-12-10-20(11-13-21)14-17-8-9-18(25-17)22(23)24/h4-9H,10-14H2,1-3H3. The van der Waals surface area contributed by atoms with Crippen molar-refractivity contribution < 1.29 is 9.34 Å². The fourth-order valence-corrected chi connectivity index (χ4v) is 3.11. The van der Waals surface area contributed by atoms with Crippen LogP contribution in [0.1, 0.15) is 32.1 Å². The molecule has 2 aromatic rings. The molecule has 0 amide bonds. The fraction of sp³-hybridized carbons (Fsp3) is 0.474. The zero-order chi connectivity index (χ0) is 18.0. The molecule has 1 aliphatic rings. The van der Waals surface area contributed by atoms with Gasteiger partial charge in [0.25, 0.3) is 0 Å². The van der Waals surface area contributed by atoms with Crippen LogP contribution in [0.15, 0.2) is 40.8 Å². The molecule has 0 radical (unpaired) electrons. The molecule has 1 fully saturated rings. The summed E-state index contributed by atoms with van der Waals surface area (Å²) in [7, 11) is 0. The van der Waals surface area contributed by atoms with Crippen molar-refractivity contribution in [3.63, 3.8) is 0 Å². The van der Waals surface area contributed by atoms with E-state index in [0.29, 0.717) is 12.3 Å². The van der Waals surface area contributed by atoms with Crippen molar-refractivity contribution in [1.82, 2.24) is 4.90 Å². The predicted octanol–water partition coefficient (Wildman–Crippen LogP) is 3.81. The van der Waals surface area contributed by atoms with Gasteiger partial charge in [-0.15, -0.1) is 0 Å². The van der Waals surface area contributed by atoms with Crippen LogP contribution in [0.5, 0.6) is 0 Å². The van der Waals surface area contributed by atoms with Crippen LogP contribution in [0.3, 0.4) is 0 Å². The highest BCUT2D eigenvalue weighted by Crippen LogP contribution is 2.26. The average molecular weight is 343 g/mol. The van der Waals surface area contributed by atoms with Crippen LogP contribution in [0, 0.1) is 10.1 Å². The van der Waals surface area contributed by atoms with E-state index in [1.54, 1.807) is 6.07 Å². The van der Waals surface area contributed by atoms with Gasteiger partial charge in [-0.25, -0.2) is 0 Å². The average Bonchev–Trinajstić information content (AvgIpc) is 3.04. The van der Waals surface area contributed by atoms with Crippen molar-refractivity contribution in [2.45, 2.75) is 32.7 Å². The van der Waals surface area contributed by atoms with Crippen molar-refractivity contribution in [3.05, 3.63) is 57.8 Å². The van der Waals surface area contributed by atoms with Crippen molar-refractivity contribution in [2.24, 2.45) is 0 Å². The molecule has 25 heavy (non-hydrogen) atoms. The quantitative estimate of drug-likeness (QED) is 0.624. The summed E-state index contributed by atoms with van der Waals surface area (Å²) in [5.41, 5.74) is 2.76. The first-order valence-electron chi connectivity index (χ1n) is 8.64. The number of piperazine rings is 1. The maximum atomic E-state index is 10.7. The summed E-state index contributed by atoms with van der Waals surface area (Å²) in [5, 5.41) is 10.7. The van der Waals surface area contributed by atoms with Gasteiger partial charge in [0.1, 0.15) is 10.7 Å². The monoisotopic (exact) mass is 343 g/mol. The summed E-state index contributed by atoms with van der Waals surface area (Å²) in [5.74, 6) is 0.460. The molecule has 1 aromatic carbocycles. The number of hydrogen-bond acceptors (Lipinski definition) is 5. The van der Waals surface area contributed by atoms with Crippen LogP contribution in [0.4, 0.5) is 11.6 Å². The van der Waals surface area contributed by atoms with Crippen molar-refractivity contribution in [1.29, 1.82) is 0 Å². The molecule has 0 atom stereocenters. The Labute approximate surface area is 148 Å². The second kappa shape index (κ2) is 6.88. The van der Waals surface area contributed by atoms with Crippen LogP contribution in [-0.4, -0.2) is 36.0 Å². The molecule has 0 aliphatic carbocycles. The molecule has 2 heterocycles. The van der Waals surface area contributed by atoms with Crippen LogP contribution in [0.25, 0.3) is 0 Å². The number of nitro groups is 1. The molecule has 0 unspecified atom stereocenters. The van der Waals surface area contributed by atoms with E-state index in [0.717, 1.165) is 26.2 Å². The third-order valence-electron chi connectivity index (χ3n) is 4.68.